The predicted molar refractivity (Wildman–Crippen MR) is 131 cm³/mol. The smallest absolute Gasteiger partial charge is 0.267 e. The largest absolute Gasteiger partial charge is 0.340 e. The number of aromatic amines is 1. The first-order valence-electron chi connectivity index (χ1n) is 10.3. The first-order chi connectivity index (χ1) is 15.8. The molecule has 1 fully saturated rings. The molecule has 6 heteroatoms. The molecule has 0 unspecified atom stereocenters. The van der Waals surface area contributed by atoms with Crippen LogP contribution in [-0.4, -0.2) is 25.9 Å². The lowest BCUT2D eigenvalue weighted by molar-refractivity contribution is -0.122. The number of allylic oxidation sites excluding steroid dienone is 2. The van der Waals surface area contributed by atoms with Crippen molar-refractivity contribution in [3.63, 3.8) is 0 Å². The summed E-state index contributed by atoms with van der Waals surface area (Å²) in [5.74, 6) is 0.643. The molecule has 1 aliphatic rings. The Balaban J connectivity index is 1.45. The summed E-state index contributed by atoms with van der Waals surface area (Å²) in [5.41, 5.74) is 3.71. The summed E-state index contributed by atoms with van der Waals surface area (Å²) in [6.07, 6.45) is 5.73. The highest BCUT2D eigenvalue weighted by Crippen LogP contribution is 2.34. The number of hydrogen-bond acceptors (Lipinski definition) is 4. The standard InChI is InChI=1S/C26H20N4OS/c31-25-23(17-9-12-19-10-3-1-4-11-19)32-26(27-20-13-5-2-6-14-20)30(25)18-24-28-21-15-7-8-16-22(21)29-24/h1-17H,18H2,(H,28,29)/b12-9+,23-17-,27-26?. The highest BCUT2D eigenvalue weighted by molar-refractivity contribution is 8.18. The number of carbonyl (C=O) groups is 1. The zero-order valence-corrected chi connectivity index (χ0v) is 18.0. The van der Waals surface area contributed by atoms with Crippen LogP contribution in [0, 0.1) is 0 Å². The zero-order valence-electron chi connectivity index (χ0n) is 17.2. The van der Waals surface area contributed by atoms with Gasteiger partial charge in [-0.05, 0) is 47.7 Å². The Labute approximate surface area is 190 Å². The maximum Gasteiger partial charge on any atom is 0.267 e. The molecule has 0 aliphatic carbocycles. The van der Waals surface area contributed by atoms with Crippen LogP contribution in [0.2, 0.25) is 0 Å². The van der Waals surface area contributed by atoms with Crippen LogP contribution in [0.4, 0.5) is 5.69 Å². The molecule has 1 aliphatic heterocycles. The van der Waals surface area contributed by atoms with Crippen LogP contribution in [0.25, 0.3) is 17.1 Å². The van der Waals surface area contributed by atoms with E-state index in [1.807, 2.05) is 103 Å². The average Bonchev–Trinajstić information content (AvgIpc) is 3.37. The minimum Gasteiger partial charge on any atom is -0.340 e. The maximum atomic E-state index is 13.2. The number of rotatable bonds is 5. The molecule has 2 heterocycles. The second kappa shape index (κ2) is 9.08. The lowest BCUT2D eigenvalue weighted by Gasteiger charge is -2.13. The summed E-state index contributed by atoms with van der Waals surface area (Å²) < 4.78 is 0. The third-order valence-corrected chi connectivity index (χ3v) is 5.98. The number of amidine groups is 1. The van der Waals surface area contributed by atoms with Gasteiger partial charge in [0.05, 0.1) is 28.2 Å². The van der Waals surface area contributed by atoms with Crippen molar-refractivity contribution in [1.29, 1.82) is 0 Å². The number of aliphatic imine (C=N–C) groups is 1. The Hall–Kier alpha value is -3.90. The summed E-state index contributed by atoms with van der Waals surface area (Å²) in [5, 5.41) is 0.640. The van der Waals surface area contributed by atoms with Crippen LogP contribution in [0.5, 0.6) is 0 Å². The SMILES string of the molecule is O=C1/C(=C/C=C/c2ccccc2)SC(=Nc2ccccc2)N1Cc1nc2ccccc2[nH]1. The number of nitrogens with zero attached hydrogens (tertiary/aromatic N) is 3. The molecule has 1 amide bonds. The summed E-state index contributed by atoms with van der Waals surface area (Å²) in [6.45, 7) is 0.325. The lowest BCUT2D eigenvalue weighted by atomic mass is 10.2. The number of H-pyrrole nitrogens is 1. The summed E-state index contributed by atoms with van der Waals surface area (Å²) in [6, 6.07) is 27.5. The number of imidazole rings is 1. The third-order valence-electron chi connectivity index (χ3n) is 4.95. The van der Waals surface area contributed by atoms with Gasteiger partial charge in [-0.3, -0.25) is 9.69 Å². The van der Waals surface area contributed by atoms with Gasteiger partial charge in [-0.1, -0.05) is 72.8 Å². The average molecular weight is 437 g/mol. The molecule has 1 aromatic heterocycles. The molecule has 5 rings (SSSR count). The fourth-order valence-electron chi connectivity index (χ4n) is 3.40. The molecule has 32 heavy (non-hydrogen) atoms. The van der Waals surface area contributed by atoms with E-state index in [0.29, 0.717) is 16.6 Å². The van der Waals surface area contributed by atoms with Crippen LogP contribution in [-0.2, 0) is 11.3 Å². The van der Waals surface area contributed by atoms with Gasteiger partial charge in [0, 0.05) is 0 Å². The van der Waals surface area contributed by atoms with E-state index in [9.17, 15) is 4.79 Å². The monoisotopic (exact) mass is 436 g/mol. The molecule has 1 saturated heterocycles. The minimum atomic E-state index is -0.0807. The van der Waals surface area contributed by atoms with E-state index in [4.69, 9.17) is 4.99 Å². The van der Waals surface area contributed by atoms with Gasteiger partial charge in [-0.2, -0.15) is 0 Å². The minimum absolute atomic E-state index is 0.0807. The van der Waals surface area contributed by atoms with Crippen LogP contribution < -0.4 is 0 Å². The topological polar surface area (TPSA) is 61.4 Å². The molecular formula is C26H20N4OS. The van der Waals surface area contributed by atoms with Crippen molar-refractivity contribution < 1.29 is 4.79 Å². The van der Waals surface area contributed by atoms with E-state index in [-0.39, 0.29) is 5.91 Å². The zero-order chi connectivity index (χ0) is 21.8. The molecule has 4 aromatic rings. The van der Waals surface area contributed by atoms with Gasteiger partial charge in [0.15, 0.2) is 5.17 Å². The molecule has 5 nitrogen and oxygen atoms in total. The molecule has 3 aromatic carbocycles. The number of hydrogen-bond donors (Lipinski definition) is 1. The van der Waals surface area contributed by atoms with E-state index < -0.39 is 0 Å². The summed E-state index contributed by atoms with van der Waals surface area (Å²) in [4.78, 5) is 28.2. The molecule has 0 saturated carbocycles. The number of aromatic nitrogens is 2. The van der Waals surface area contributed by atoms with E-state index in [2.05, 4.69) is 9.97 Å². The molecule has 0 radical (unpaired) electrons. The number of nitrogens with one attached hydrogen (secondary N) is 1. The number of benzene rings is 3. The maximum absolute atomic E-state index is 13.2. The summed E-state index contributed by atoms with van der Waals surface area (Å²) in [7, 11) is 0. The quantitative estimate of drug-likeness (QED) is 0.395. The molecular weight excluding hydrogens is 416 g/mol. The first-order valence-corrected chi connectivity index (χ1v) is 11.1. The van der Waals surface area contributed by atoms with Gasteiger partial charge in [0.25, 0.3) is 5.91 Å². The van der Waals surface area contributed by atoms with Gasteiger partial charge in [-0.15, -0.1) is 0 Å². The lowest BCUT2D eigenvalue weighted by Crippen LogP contribution is -2.29. The van der Waals surface area contributed by atoms with Crippen LogP contribution in [0.1, 0.15) is 11.4 Å². The van der Waals surface area contributed by atoms with Gasteiger partial charge >= 0.3 is 0 Å². The second-order valence-corrected chi connectivity index (χ2v) is 8.23. The van der Waals surface area contributed by atoms with Crippen molar-refractivity contribution in [3.05, 3.63) is 113 Å². The molecule has 0 atom stereocenters. The molecule has 0 bridgehead atoms. The van der Waals surface area contributed by atoms with Crippen molar-refractivity contribution in [1.82, 2.24) is 14.9 Å². The Kier molecular flexibility index (Phi) is 5.68. The second-order valence-electron chi connectivity index (χ2n) is 7.22. The number of para-hydroxylation sites is 3. The fraction of sp³-hybridized carbons (Fsp3) is 0.0385. The van der Waals surface area contributed by atoms with E-state index in [1.165, 1.54) is 11.8 Å². The van der Waals surface area contributed by atoms with Crippen molar-refractivity contribution in [2.45, 2.75) is 6.54 Å². The number of thioether (sulfide) groups is 1. The van der Waals surface area contributed by atoms with Gasteiger partial charge < -0.3 is 4.98 Å². The number of fused-ring (bicyclic) bond motifs is 1. The Morgan fingerprint density at radius 1 is 0.938 bits per heavy atom. The van der Waals surface area contributed by atoms with Gasteiger partial charge in [0.2, 0.25) is 0 Å². The third kappa shape index (κ3) is 4.40. The number of carbonyl (C=O) groups excluding carboxylic acids is 1. The van der Waals surface area contributed by atoms with Gasteiger partial charge in [-0.25, -0.2) is 9.98 Å². The van der Waals surface area contributed by atoms with Crippen molar-refractivity contribution >= 4 is 45.6 Å². The van der Waals surface area contributed by atoms with Crippen molar-refractivity contribution in [3.8, 4) is 0 Å². The van der Waals surface area contributed by atoms with E-state index in [0.717, 1.165) is 28.1 Å². The van der Waals surface area contributed by atoms with E-state index in [1.54, 1.807) is 4.90 Å². The van der Waals surface area contributed by atoms with Crippen LogP contribution in [0.15, 0.2) is 107 Å². The highest BCUT2D eigenvalue weighted by Gasteiger charge is 2.33. The van der Waals surface area contributed by atoms with Crippen LogP contribution in [0.3, 0.4) is 0 Å². The van der Waals surface area contributed by atoms with Crippen LogP contribution >= 0.6 is 11.8 Å². The highest BCUT2D eigenvalue weighted by atomic mass is 32.2. The van der Waals surface area contributed by atoms with Crippen molar-refractivity contribution in [2.75, 3.05) is 0 Å². The Bertz CT molecular complexity index is 1310. The Morgan fingerprint density at radius 3 is 2.44 bits per heavy atom. The van der Waals surface area contributed by atoms with E-state index >= 15 is 0 Å². The number of amides is 1. The molecule has 0 spiro atoms. The first kappa shape index (κ1) is 20.0. The fourth-order valence-corrected chi connectivity index (χ4v) is 4.35. The predicted octanol–water partition coefficient (Wildman–Crippen LogP) is 5.92. The Morgan fingerprint density at radius 2 is 1.66 bits per heavy atom. The normalized spacial score (nSPS) is 16.8. The molecule has 1 N–H and O–H groups in total. The molecule has 156 valence electrons. The summed E-state index contributed by atoms with van der Waals surface area (Å²) >= 11 is 1.38. The van der Waals surface area contributed by atoms with Gasteiger partial charge in [0.1, 0.15) is 5.82 Å². The van der Waals surface area contributed by atoms with Crippen molar-refractivity contribution in [2.24, 2.45) is 4.99 Å².